The molecule has 6 heteroatoms. The standard InChI is InChI=1S/C26H22FN3O2/c27-23-12-10-22(11-13-23)24-17-26(32)30(18-29-24)15-14-28-25(31)16-19-6-8-21(9-7-19)20-4-2-1-3-5-20/h1-13,17-18H,14-16H2,(H,28,31). The minimum Gasteiger partial charge on any atom is -0.354 e. The van der Waals surface area contributed by atoms with Crippen molar-refractivity contribution in [1.82, 2.24) is 14.9 Å². The number of aromatic nitrogens is 2. The summed E-state index contributed by atoms with van der Waals surface area (Å²) in [6, 6.07) is 25.2. The van der Waals surface area contributed by atoms with E-state index in [-0.39, 0.29) is 23.7 Å². The van der Waals surface area contributed by atoms with Crippen molar-refractivity contribution in [3.05, 3.63) is 113 Å². The van der Waals surface area contributed by atoms with E-state index in [1.54, 1.807) is 12.1 Å². The summed E-state index contributed by atoms with van der Waals surface area (Å²) in [5.74, 6) is -0.452. The Balaban J connectivity index is 1.29. The van der Waals surface area contributed by atoms with Gasteiger partial charge in [-0.25, -0.2) is 9.37 Å². The lowest BCUT2D eigenvalue weighted by Crippen LogP contribution is -2.31. The molecule has 0 fully saturated rings. The Labute approximate surface area is 185 Å². The van der Waals surface area contributed by atoms with Crippen molar-refractivity contribution in [2.24, 2.45) is 0 Å². The van der Waals surface area contributed by atoms with E-state index in [0.29, 0.717) is 24.3 Å². The first-order chi connectivity index (χ1) is 15.6. The fourth-order valence-corrected chi connectivity index (χ4v) is 3.38. The minimum atomic E-state index is -0.343. The lowest BCUT2D eigenvalue weighted by Gasteiger charge is -2.09. The molecule has 1 heterocycles. The highest BCUT2D eigenvalue weighted by molar-refractivity contribution is 5.78. The summed E-state index contributed by atoms with van der Waals surface area (Å²) in [7, 11) is 0. The van der Waals surface area contributed by atoms with Gasteiger partial charge in [-0.05, 0) is 41.0 Å². The Morgan fingerprint density at radius 1 is 0.875 bits per heavy atom. The van der Waals surface area contributed by atoms with Crippen LogP contribution in [-0.2, 0) is 17.8 Å². The quantitative estimate of drug-likeness (QED) is 0.484. The van der Waals surface area contributed by atoms with Gasteiger partial charge in [0.15, 0.2) is 0 Å². The number of nitrogens with zero attached hydrogens (tertiary/aromatic N) is 2. The number of hydrogen-bond acceptors (Lipinski definition) is 3. The smallest absolute Gasteiger partial charge is 0.253 e. The van der Waals surface area contributed by atoms with Crippen LogP contribution in [0.1, 0.15) is 5.56 Å². The zero-order valence-corrected chi connectivity index (χ0v) is 17.4. The molecular weight excluding hydrogens is 405 g/mol. The predicted octanol–water partition coefficient (Wildman–Crippen LogP) is 4.08. The Kier molecular flexibility index (Phi) is 6.51. The van der Waals surface area contributed by atoms with E-state index < -0.39 is 0 Å². The second-order valence-electron chi connectivity index (χ2n) is 7.40. The van der Waals surface area contributed by atoms with E-state index in [1.807, 2.05) is 54.6 Å². The number of hydrogen-bond donors (Lipinski definition) is 1. The molecule has 0 spiro atoms. The normalized spacial score (nSPS) is 10.7. The van der Waals surface area contributed by atoms with E-state index in [9.17, 15) is 14.0 Å². The molecule has 0 saturated carbocycles. The Morgan fingerprint density at radius 3 is 2.22 bits per heavy atom. The highest BCUT2D eigenvalue weighted by Gasteiger charge is 2.06. The summed E-state index contributed by atoms with van der Waals surface area (Å²) in [6.45, 7) is 0.632. The second kappa shape index (κ2) is 9.83. The zero-order valence-electron chi connectivity index (χ0n) is 17.4. The van der Waals surface area contributed by atoms with E-state index in [1.165, 1.54) is 29.1 Å². The molecule has 0 aliphatic heterocycles. The van der Waals surface area contributed by atoms with Gasteiger partial charge in [0.25, 0.3) is 5.56 Å². The summed E-state index contributed by atoms with van der Waals surface area (Å²) < 4.78 is 14.5. The molecule has 0 bridgehead atoms. The molecule has 32 heavy (non-hydrogen) atoms. The Bertz CT molecular complexity index is 1250. The first kappa shape index (κ1) is 21.2. The highest BCUT2D eigenvalue weighted by atomic mass is 19.1. The molecule has 0 radical (unpaired) electrons. The zero-order chi connectivity index (χ0) is 22.3. The molecule has 4 aromatic rings. The summed E-state index contributed by atoms with van der Waals surface area (Å²) >= 11 is 0. The van der Waals surface area contributed by atoms with Gasteiger partial charge in [0.1, 0.15) is 5.82 Å². The summed E-state index contributed by atoms with van der Waals surface area (Å²) in [5, 5.41) is 2.84. The van der Waals surface area contributed by atoms with Crippen LogP contribution in [0.2, 0.25) is 0 Å². The van der Waals surface area contributed by atoms with Crippen molar-refractivity contribution in [2.75, 3.05) is 6.54 Å². The maximum atomic E-state index is 13.1. The van der Waals surface area contributed by atoms with Crippen molar-refractivity contribution in [3.8, 4) is 22.4 Å². The van der Waals surface area contributed by atoms with Crippen LogP contribution in [-0.4, -0.2) is 22.0 Å². The molecule has 1 aromatic heterocycles. The Morgan fingerprint density at radius 2 is 1.53 bits per heavy atom. The summed E-state index contributed by atoms with van der Waals surface area (Å²) in [5.41, 5.74) is 4.07. The molecule has 5 nitrogen and oxygen atoms in total. The fourth-order valence-electron chi connectivity index (χ4n) is 3.38. The third-order valence-corrected chi connectivity index (χ3v) is 5.12. The van der Waals surface area contributed by atoms with Gasteiger partial charge in [-0.3, -0.25) is 14.2 Å². The third kappa shape index (κ3) is 5.35. The molecule has 4 rings (SSSR count). The first-order valence-electron chi connectivity index (χ1n) is 10.3. The molecule has 1 N–H and O–H groups in total. The number of carbonyl (C=O) groups is 1. The molecule has 0 aliphatic rings. The van der Waals surface area contributed by atoms with Crippen LogP contribution < -0.4 is 10.9 Å². The molecular formula is C26H22FN3O2. The summed E-state index contributed by atoms with van der Waals surface area (Å²) in [6.07, 6.45) is 1.71. The molecule has 0 saturated heterocycles. The van der Waals surface area contributed by atoms with E-state index >= 15 is 0 Å². The third-order valence-electron chi connectivity index (χ3n) is 5.12. The fraction of sp³-hybridized carbons (Fsp3) is 0.115. The predicted molar refractivity (Wildman–Crippen MR) is 122 cm³/mol. The number of carbonyl (C=O) groups excluding carboxylic acids is 1. The average Bonchev–Trinajstić information content (AvgIpc) is 2.82. The monoisotopic (exact) mass is 427 g/mol. The molecule has 0 unspecified atom stereocenters. The number of benzene rings is 3. The maximum Gasteiger partial charge on any atom is 0.253 e. The number of halogens is 1. The van der Waals surface area contributed by atoms with Crippen LogP contribution in [0.5, 0.6) is 0 Å². The molecule has 1 amide bonds. The van der Waals surface area contributed by atoms with Crippen LogP contribution in [0.3, 0.4) is 0 Å². The van der Waals surface area contributed by atoms with Crippen molar-refractivity contribution in [2.45, 2.75) is 13.0 Å². The minimum absolute atomic E-state index is 0.110. The second-order valence-corrected chi connectivity index (χ2v) is 7.40. The van der Waals surface area contributed by atoms with Crippen molar-refractivity contribution in [1.29, 1.82) is 0 Å². The van der Waals surface area contributed by atoms with Crippen LogP contribution in [0.15, 0.2) is 96.1 Å². The van der Waals surface area contributed by atoms with E-state index in [4.69, 9.17) is 0 Å². The number of nitrogens with one attached hydrogen (secondary N) is 1. The molecule has 160 valence electrons. The molecule has 3 aromatic carbocycles. The Hall–Kier alpha value is -4.06. The van der Waals surface area contributed by atoms with Gasteiger partial charge < -0.3 is 5.32 Å². The van der Waals surface area contributed by atoms with Gasteiger partial charge in [0, 0.05) is 24.7 Å². The lowest BCUT2D eigenvalue weighted by molar-refractivity contribution is -0.120. The van der Waals surface area contributed by atoms with E-state index in [2.05, 4.69) is 10.3 Å². The lowest BCUT2D eigenvalue weighted by atomic mass is 10.0. The summed E-state index contributed by atoms with van der Waals surface area (Å²) in [4.78, 5) is 28.9. The average molecular weight is 427 g/mol. The van der Waals surface area contributed by atoms with Gasteiger partial charge in [0.2, 0.25) is 5.91 Å². The van der Waals surface area contributed by atoms with E-state index in [0.717, 1.165) is 16.7 Å². The first-order valence-corrected chi connectivity index (χ1v) is 10.3. The van der Waals surface area contributed by atoms with Crippen LogP contribution in [0.4, 0.5) is 4.39 Å². The maximum absolute atomic E-state index is 13.1. The molecule has 0 aliphatic carbocycles. The van der Waals surface area contributed by atoms with Gasteiger partial charge in [-0.2, -0.15) is 0 Å². The van der Waals surface area contributed by atoms with Gasteiger partial charge >= 0.3 is 0 Å². The molecule has 0 atom stereocenters. The van der Waals surface area contributed by atoms with Crippen LogP contribution in [0, 0.1) is 5.82 Å². The van der Waals surface area contributed by atoms with Crippen LogP contribution in [0.25, 0.3) is 22.4 Å². The number of rotatable bonds is 7. The van der Waals surface area contributed by atoms with Gasteiger partial charge in [0.05, 0.1) is 18.4 Å². The van der Waals surface area contributed by atoms with Crippen molar-refractivity contribution in [3.63, 3.8) is 0 Å². The number of amides is 1. The van der Waals surface area contributed by atoms with Crippen molar-refractivity contribution < 1.29 is 9.18 Å². The SMILES string of the molecule is O=C(Cc1ccc(-c2ccccc2)cc1)NCCn1cnc(-c2ccc(F)cc2)cc1=O. The largest absolute Gasteiger partial charge is 0.354 e. The highest BCUT2D eigenvalue weighted by Crippen LogP contribution is 2.19. The van der Waals surface area contributed by atoms with Crippen LogP contribution >= 0.6 is 0 Å². The van der Waals surface area contributed by atoms with Gasteiger partial charge in [-0.1, -0.05) is 54.6 Å². The topological polar surface area (TPSA) is 64.0 Å². The van der Waals surface area contributed by atoms with Gasteiger partial charge in [-0.15, -0.1) is 0 Å². The van der Waals surface area contributed by atoms with Crippen molar-refractivity contribution >= 4 is 5.91 Å².